The van der Waals surface area contributed by atoms with E-state index in [1.165, 1.54) is 17.7 Å². The van der Waals surface area contributed by atoms with Gasteiger partial charge in [0.25, 0.3) is 0 Å². The van der Waals surface area contributed by atoms with Gasteiger partial charge in [-0.1, -0.05) is 31.2 Å². The number of hydrazone groups is 1. The minimum Gasteiger partial charge on any atom is -0.364 e. The predicted octanol–water partition coefficient (Wildman–Crippen LogP) is 5.63. The molecular weight excluding hydrogens is 306 g/mol. The van der Waals surface area contributed by atoms with Crippen LogP contribution in [0.3, 0.4) is 0 Å². The minimum atomic E-state index is 0.186. The lowest BCUT2D eigenvalue weighted by molar-refractivity contribution is 0.356. The fourth-order valence-electron chi connectivity index (χ4n) is 4.22. The molecule has 132 valence electrons. The van der Waals surface area contributed by atoms with Gasteiger partial charge in [-0.2, -0.15) is 5.10 Å². The highest BCUT2D eigenvalue weighted by Crippen LogP contribution is 2.44. The summed E-state index contributed by atoms with van der Waals surface area (Å²) in [6.07, 6.45) is 3.07. The van der Waals surface area contributed by atoms with Crippen molar-refractivity contribution in [2.75, 3.05) is 10.3 Å². The molecule has 3 heteroatoms. The van der Waals surface area contributed by atoms with Crippen LogP contribution in [-0.4, -0.2) is 17.8 Å². The van der Waals surface area contributed by atoms with E-state index in [9.17, 15) is 0 Å². The summed E-state index contributed by atoms with van der Waals surface area (Å²) in [7, 11) is 0. The Kier molecular flexibility index (Phi) is 4.85. The van der Waals surface area contributed by atoms with Gasteiger partial charge in [0.05, 0.1) is 11.9 Å². The summed E-state index contributed by atoms with van der Waals surface area (Å²) in [6.45, 7) is 11.6. The van der Waals surface area contributed by atoms with E-state index in [1.807, 2.05) is 36.5 Å². The lowest BCUT2D eigenvalue weighted by Crippen LogP contribution is -2.51. The molecule has 1 aliphatic heterocycles. The average Bonchev–Trinajstić information content (AvgIpc) is 2.55. The van der Waals surface area contributed by atoms with Crippen LogP contribution in [0.2, 0.25) is 0 Å². The zero-order valence-corrected chi connectivity index (χ0v) is 16.0. The van der Waals surface area contributed by atoms with Crippen molar-refractivity contribution in [1.82, 2.24) is 0 Å². The molecule has 0 fully saturated rings. The number of fused-ring (bicyclic) bond motifs is 1. The van der Waals surface area contributed by atoms with Crippen molar-refractivity contribution in [3.05, 3.63) is 59.7 Å². The average molecular weight is 335 g/mol. The molecule has 3 rings (SSSR count). The molecule has 0 unspecified atom stereocenters. The first-order chi connectivity index (χ1) is 11.9. The molecule has 0 aromatic heterocycles. The number of anilines is 2. The van der Waals surface area contributed by atoms with Crippen molar-refractivity contribution < 1.29 is 0 Å². The highest BCUT2D eigenvalue weighted by molar-refractivity contribution is 5.82. The quantitative estimate of drug-likeness (QED) is 0.579. The van der Waals surface area contributed by atoms with Crippen LogP contribution in [0.15, 0.2) is 53.6 Å². The summed E-state index contributed by atoms with van der Waals surface area (Å²) >= 11 is 0. The molecule has 1 atom stereocenters. The van der Waals surface area contributed by atoms with Crippen molar-refractivity contribution in [3.63, 3.8) is 0 Å². The van der Waals surface area contributed by atoms with Gasteiger partial charge in [0.15, 0.2) is 0 Å². The zero-order chi connectivity index (χ0) is 18.0. The molecule has 0 aliphatic carbocycles. The number of nitrogens with zero attached hydrogens (tertiary/aromatic N) is 2. The van der Waals surface area contributed by atoms with E-state index in [1.54, 1.807) is 0 Å². The lowest BCUT2D eigenvalue weighted by atomic mass is 9.79. The molecule has 0 saturated carbocycles. The first-order valence-electron chi connectivity index (χ1n) is 9.16. The molecule has 1 aliphatic rings. The van der Waals surface area contributed by atoms with Crippen molar-refractivity contribution in [2.45, 2.75) is 58.5 Å². The van der Waals surface area contributed by atoms with Gasteiger partial charge in [-0.05, 0) is 75.4 Å². The minimum absolute atomic E-state index is 0.186. The molecule has 0 spiro atoms. The summed E-state index contributed by atoms with van der Waals surface area (Å²) in [5.41, 5.74) is 8.20. The van der Waals surface area contributed by atoms with E-state index < -0.39 is 0 Å². The Hall–Kier alpha value is -2.29. The fourth-order valence-corrected chi connectivity index (χ4v) is 4.22. The second kappa shape index (κ2) is 6.91. The second-order valence-corrected chi connectivity index (χ2v) is 7.94. The molecule has 1 N–H and O–H groups in total. The van der Waals surface area contributed by atoms with Crippen LogP contribution < -0.4 is 10.3 Å². The van der Waals surface area contributed by atoms with Crippen LogP contribution in [0.1, 0.15) is 58.1 Å². The largest absolute Gasteiger partial charge is 0.364 e. The van der Waals surface area contributed by atoms with E-state index in [0.717, 1.165) is 11.3 Å². The first-order valence-corrected chi connectivity index (χ1v) is 9.16. The van der Waals surface area contributed by atoms with Crippen LogP contribution in [0.5, 0.6) is 0 Å². The number of para-hydroxylation sites is 1. The summed E-state index contributed by atoms with van der Waals surface area (Å²) in [5, 5.41) is 4.38. The van der Waals surface area contributed by atoms with E-state index >= 15 is 0 Å². The Morgan fingerprint density at radius 3 is 2.56 bits per heavy atom. The fraction of sp³-hybridized carbons (Fsp3) is 0.409. The van der Waals surface area contributed by atoms with Crippen molar-refractivity contribution in [3.8, 4) is 0 Å². The van der Waals surface area contributed by atoms with Gasteiger partial charge in [0, 0.05) is 17.3 Å². The van der Waals surface area contributed by atoms with Crippen LogP contribution in [-0.2, 0) is 0 Å². The number of hydrogen-bond acceptors (Lipinski definition) is 3. The third-order valence-corrected chi connectivity index (χ3v) is 5.00. The molecule has 2 aromatic rings. The van der Waals surface area contributed by atoms with Gasteiger partial charge in [0.1, 0.15) is 0 Å². The predicted molar refractivity (Wildman–Crippen MR) is 109 cm³/mol. The second-order valence-electron chi connectivity index (χ2n) is 7.94. The highest BCUT2D eigenvalue weighted by Gasteiger charge is 2.37. The van der Waals surface area contributed by atoms with Crippen LogP contribution in [0.4, 0.5) is 11.4 Å². The standard InChI is InChI=1S/C22H29N3/c1-16(2)25-21-12-11-18(13-20(21)17(3)14-22(25,4)5)15-23-24-19-9-7-6-8-10-19/h6-13,15-17,24H,14H2,1-5H3/b23-15-/t17-/m1/s1. The van der Waals surface area contributed by atoms with Crippen molar-refractivity contribution in [1.29, 1.82) is 0 Å². The molecule has 25 heavy (non-hydrogen) atoms. The van der Waals surface area contributed by atoms with Gasteiger partial charge in [-0.15, -0.1) is 0 Å². The Bertz CT molecular complexity index is 747. The normalized spacial score (nSPS) is 19.3. The van der Waals surface area contributed by atoms with Crippen LogP contribution >= 0.6 is 0 Å². The Morgan fingerprint density at radius 1 is 1.16 bits per heavy atom. The lowest BCUT2D eigenvalue weighted by Gasteiger charge is -2.50. The Morgan fingerprint density at radius 2 is 1.88 bits per heavy atom. The third kappa shape index (κ3) is 3.71. The number of benzene rings is 2. The molecule has 2 aromatic carbocycles. The topological polar surface area (TPSA) is 27.6 Å². The summed E-state index contributed by atoms with van der Waals surface area (Å²) in [6, 6.07) is 17.2. The number of hydrogen-bond donors (Lipinski definition) is 1. The molecule has 0 saturated heterocycles. The smallest absolute Gasteiger partial charge is 0.0561 e. The number of nitrogens with one attached hydrogen (secondary N) is 1. The van der Waals surface area contributed by atoms with Gasteiger partial charge in [-0.25, -0.2) is 0 Å². The van der Waals surface area contributed by atoms with Gasteiger partial charge in [-0.3, -0.25) is 5.43 Å². The Balaban J connectivity index is 1.85. The van der Waals surface area contributed by atoms with Crippen LogP contribution in [0, 0.1) is 0 Å². The molecule has 1 heterocycles. The maximum Gasteiger partial charge on any atom is 0.0561 e. The first kappa shape index (κ1) is 17.5. The maximum absolute atomic E-state index is 4.38. The van der Waals surface area contributed by atoms with E-state index in [-0.39, 0.29) is 5.54 Å². The molecule has 0 amide bonds. The zero-order valence-electron chi connectivity index (χ0n) is 16.0. The monoisotopic (exact) mass is 335 g/mol. The molecule has 0 radical (unpaired) electrons. The SMILES string of the molecule is CC(C)N1c2ccc(/C=N\Nc3ccccc3)cc2[C@H](C)CC1(C)C. The molecule has 0 bridgehead atoms. The van der Waals surface area contributed by atoms with E-state index in [2.05, 4.69) is 68.2 Å². The molecular formula is C22H29N3. The summed E-state index contributed by atoms with van der Waals surface area (Å²) in [4.78, 5) is 2.56. The highest BCUT2D eigenvalue weighted by atomic mass is 15.3. The third-order valence-electron chi connectivity index (χ3n) is 5.00. The van der Waals surface area contributed by atoms with E-state index in [4.69, 9.17) is 0 Å². The van der Waals surface area contributed by atoms with Gasteiger partial charge < -0.3 is 4.90 Å². The Labute approximate surface area is 151 Å². The number of rotatable bonds is 4. The van der Waals surface area contributed by atoms with E-state index in [0.29, 0.717) is 12.0 Å². The van der Waals surface area contributed by atoms with Gasteiger partial charge in [0.2, 0.25) is 0 Å². The van der Waals surface area contributed by atoms with Crippen molar-refractivity contribution >= 4 is 17.6 Å². The summed E-state index contributed by atoms with van der Waals surface area (Å²) in [5.74, 6) is 0.551. The van der Waals surface area contributed by atoms with Crippen LogP contribution in [0.25, 0.3) is 0 Å². The van der Waals surface area contributed by atoms with Crippen molar-refractivity contribution in [2.24, 2.45) is 5.10 Å². The maximum atomic E-state index is 4.38. The summed E-state index contributed by atoms with van der Waals surface area (Å²) < 4.78 is 0. The van der Waals surface area contributed by atoms with Gasteiger partial charge >= 0.3 is 0 Å². The molecule has 3 nitrogen and oxygen atoms in total.